The van der Waals surface area contributed by atoms with Crippen LogP contribution in [0.3, 0.4) is 0 Å². The molecule has 0 fully saturated rings. The predicted octanol–water partition coefficient (Wildman–Crippen LogP) is 0.978. The number of carbonyl (C=O) groups excluding carboxylic acids is 1. The molecular formula is C9H15N3OS. The fourth-order valence-electron chi connectivity index (χ4n) is 1.07. The Hall–Kier alpha value is -0.940. The molecule has 3 N–H and O–H groups in total. The summed E-state index contributed by atoms with van der Waals surface area (Å²) in [5, 5.41) is 4.24. The van der Waals surface area contributed by atoms with Crippen LogP contribution in [0.4, 0.5) is 0 Å². The first kappa shape index (κ1) is 11.1. The Bertz CT molecular complexity index is 311. The first-order valence-corrected chi connectivity index (χ1v) is 5.35. The quantitative estimate of drug-likeness (QED) is 0.766. The Morgan fingerprint density at radius 2 is 2.50 bits per heavy atom. The molecule has 0 aliphatic rings. The van der Waals surface area contributed by atoms with Gasteiger partial charge in [0.15, 0.2) is 0 Å². The number of nitrogens with zero attached hydrogens (tertiary/aromatic N) is 1. The van der Waals surface area contributed by atoms with Gasteiger partial charge in [0.1, 0.15) is 5.01 Å². The van der Waals surface area contributed by atoms with E-state index < -0.39 is 0 Å². The van der Waals surface area contributed by atoms with Gasteiger partial charge in [-0.15, -0.1) is 11.3 Å². The highest BCUT2D eigenvalue weighted by Gasteiger charge is 2.08. The average Bonchev–Trinajstić information content (AvgIpc) is 2.51. The maximum Gasteiger partial charge on any atom is 0.218 e. The van der Waals surface area contributed by atoms with Gasteiger partial charge >= 0.3 is 0 Å². The summed E-state index contributed by atoms with van der Waals surface area (Å²) in [6, 6.07) is 0.188. The molecule has 0 bridgehead atoms. The number of amides is 1. The zero-order valence-electron chi connectivity index (χ0n) is 8.41. The summed E-state index contributed by atoms with van der Waals surface area (Å²) in [5.74, 6) is -0.278. The summed E-state index contributed by atoms with van der Waals surface area (Å²) >= 11 is 1.66. The highest BCUT2D eigenvalue weighted by molar-refractivity contribution is 7.11. The van der Waals surface area contributed by atoms with E-state index in [1.807, 2.05) is 20.0 Å². The van der Waals surface area contributed by atoms with Crippen molar-refractivity contribution in [1.82, 2.24) is 10.3 Å². The summed E-state index contributed by atoms with van der Waals surface area (Å²) in [6.45, 7) is 4.66. The predicted molar refractivity (Wildman–Crippen MR) is 57.1 cm³/mol. The topological polar surface area (TPSA) is 68.0 Å². The molecule has 0 radical (unpaired) electrons. The number of carbonyl (C=O) groups is 1. The van der Waals surface area contributed by atoms with Gasteiger partial charge in [0, 0.05) is 24.0 Å². The van der Waals surface area contributed by atoms with Gasteiger partial charge in [0.2, 0.25) is 5.91 Å². The van der Waals surface area contributed by atoms with Crippen LogP contribution in [0.2, 0.25) is 0 Å². The van der Waals surface area contributed by atoms with Crippen LogP contribution in [0, 0.1) is 6.92 Å². The van der Waals surface area contributed by atoms with Gasteiger partial charge in [0.05, 0.1) is 6.04 Å². The molecule has 0 spiro atoms. The van der Waals surface area contributed by atoms with Crippen LogP contribution in [0.15, 0.2) is 6.20 Å². The van der Waals surface area contributed by atoms with Crippen molar-refractivity contribution in [3.05, 3.63) is 16.1 Å². The monoisotopic (exact) mass is 213 g/mol. The number of thiazole rings is 1. The van der Waals surface area contributed by atoms with Crippen molar-refractivity contribution < 1.29 is 4.79 Å². The number of aromatic nitrogens is 1. The maximum atomic E-state index is 10.5. The van der Waals surface area contributed by atoms with E-state index in [4.69, 9.17) is 5.73 Å². The van der Waals surface area contributed by atoms with Crippen molar-refractivity contribution in [2.75, 3.05) is 6.54 Å². The zero-order chi connectivity index (χ0) is 10.6. The molecule has 1 aromatic heterocycles. The summed E-state index contributed by atoms with van der Waals surface area (Å²) in [5.41, 5.74) is 5.03. The van der Waals surface area contributed by atoms with E-state index in [2.05, 4.69) is 10.3 Å². The Morgan fingerprint density at radius 1 is 1.79 bits per heavy atom. The van der Waals surface area contributed by atoms with Gasteiger partial charge in [-0.3, -0.25) is 4.79 Å². The molecule has 1 rings (SSSR count). The van der Waals surface area contributed by atoms with E-state index in [9.17, 15) is 4.79 Å². The zero-order valence-corrected chi connectivity index (χ0v) is 9.23. The van der Waals surface area contributed by atoms with E-state index >= 15 is 0 Å². The molecule has 0 aliphatic heterocycles. The summed E-state index contributed by atoms with van der Waals surface area (Å²) in [4.78, 5) is 15.9. The number of nitrogens with one attached hydrogen (secondary N) is 1. The maximum absolute atomic E-state index is 10.5. The van der Waals surface area contributed by atoms with Gasteiger partial charge in [-0.25, -0.2) is 4.98 Å². The van der Waals surface area contributed by atoms with Crippen molar-refractivity contribution >= 4 is 17.2 Å². The molecule has 0 saturated carbocycles. The second kappa shape index (κ2) is 5.07. The third kappa shape index (κ3) is 3.43. The third-order valence-electron chi connectivity index (χ3n) is 1.83. The van der Waals surface area contributed by atoms with Crippen molar-refractivity contribution in [1.29, 1.82) is 0 Å². The van der Waals surface area contributed by atoms with E-state index in [-0.39, 0.29) is 11.9 Å². The second-order valence-corrected chi connectivity index (χ2v) is 4.47. The van der Waals surface area contributed by atoms with Crippen molar-refractivity contribution in [2.45, 2.75) is 26.3 Å². The molecule has 1 amide bonds. The Labute approximate surface area is 87.5 Å². The lowest BCUT2D eigenvalue weighted by Gasteiger charge is -2.09. The van der Waals surface area contributed by atoms with Gasteiger partial charge < -0.3 is 11.1 Å². The number of rotatable bonds is 5. The second-order valence-electron chi connectivity index (χ2n) is 3.20. The summed E-state index contributed by atoms with van der Waals surface area (Å²) in [6.07, 6.45) is 2.22. The molecule has 78 valence electrons. The molecule has 1 heterocycles. The van der Waals surface area contributed by atoms with Crippen LogP contribution in [0.5, 0.6) is 0 Å². The minimum atomic E-state index is -0.278. The molecule has 0 aliphatic carbocycles. The van der Waals surface area contributed by atoms with Gasteiger partial charge in [-0.1, -0.05) is 0 Å². The van der Waals surface area contributed by atoms with Gasteiger partial charge in [-0.05, 0) is 13.8 Å². The minimum Gasteiger partial charge on any atom is -0.370 e. The largest absolute Gasteiger partial charge is 0.370 e. The summed E-state index contributed by atoms with van der Waals surface area (Å²) < 4.78 is 0. The van der Waals surface area contributed by atoms with Crippen LogP contribution in [0.1, 0.15) is 29.3 Å². The molecule has 1 aromatic rings. The number of hydrogen-bond donors (Lipinski definition) is 2. The first-order chi connectivity index (χ1) is 6.59. The van der Waals surface area contributed by atoms with Crippen molar-refractivity contribution in [2.24, 2.45) is 5.73 Å². The molecule has 14 heavy (non-hydrogen) atoms. The highest BCUT2D eigenvalue weighted by atomic mass is 32.1. The molecule has 0 saturated heterocycles. The smallest absolute Gasteiger partial charge is 0.218 e. The SMILES string of the molecule is Cc1cnc(C(C)NCCC(N)=O)s1. The van der Waals surface area contributed by atoms with E-state index in [1.165, 1.54) is 4.88 Å². The molecule has 0 aromatic carbocycles. The Balaban J connectivity index is 2.35. The third-order valence-corrected chi connectivity index (χ3v) is 2.93. The minimum absolute atomic E-state index is 0.188. The Morgan fingerprint density at radius 3 is 3.00 bits per heavy atom. The lowest BCUT2D eigenvalue weighted by molar-refractivity contribution is -0.117. The normalized spacial score (nSPS) is 12.7. The van der Waals surface area contributed by atoms with Crippen LogP contribution in [-0.4, -0.2) is 17.4 Å². The molecular weight excluding hydrogens is 198 g/mol. The standard InChI is InChI=1S/C9H15N3OS/c1-6-5-12-9(14-6)7(2)11-4-3-8(10)13/h5,7,11H,3-4H2,1-2H3,(H2,10,13). The number of nitrogens with two attached hydrogens (primary N) is 1. The van der Waals surface area contributed by atoms with Crippen molar-refractivity contribution in [3.8, 4) is 0 Å². The fraction of sp³-hybridized carbons (Fsp3) is 0.556. The van der Waals surface area contributed by atoms with E-state index in [1.54, 1.807) is 11.3 Å². The fourth-order valence-corrected chi connectivity index (χ4v) is 1.87. The lowest BCUT2D eigenvalue weighted by atomic mass is 10.3. The van der Waals surface area contributed by atoms with Gasteiger partial charge in [0.25, 0.3) is 0 Å². The number of aryl methyl sites for hydroxylation is 1. The van der Waals surface area contributed by atoms with E-state index in [0.29, 0.717) is 13.0 Å². The lowest BCUT2D eigenvalue weighted by Crippen LogP contribution is -2.24. The Kier molecular flexibility index (Phi) is 4.03. The average molecular weight is 213 g/mol. The molecule has 1 unspecified atom stereocenters. The molecule has 1 atom stereocenters. The summed E-state index contributed by atoms with van der Waals surface area (Å²) in [7, 11) is 0. The van der Waals surface area contributed by atoms with Gasteiger partial charge in [-0.2, -0.15) is 0 Å². The molecule has 5 heteroatoms. The number of primary amides is 1. The van der Waals surface area contributed by atoms with Crippen LogP contribution in [-0.2, 0) is 4.79 Å². The van der Waals surface area contributed by atoms with Crippen LogP contribution in [0.25, 0.3) is 0 Å². The number of hydrogen-bond acceptors (Lipinski definition) is 4. The first-order valence-electron chi connectivity index (χ1n) is 4.53. The van der Waals surface area contributed by atoms with Crippen LogP contribution >= 0.6 is 11.3 Å². The van der Waals surface area contributed by atoms with Crippen molar-refractivity contribution in [3.63, 3.8) is 0 Å². The van der Waals surface area contributed by atoms with E-state index in [0.717, 1.165) is 5.01 Å². The molecule has 4 nitrogen and oxygen atoms in total. The highest BCUT2D eigenvalue weighted by Crippen LogP contribution is 2.18. The van der Waals surface area contributed by atoms with Crippen LogP contribution < -0.4 is 11.1 Å².